The zero-order valence-corrected chi connectivity index (χ0v) is 11.8. The highest BCUT2D eigenvalue weighted by atomic mass is 19.1. The number of hydrogen-bond donors (Lipinski definition) is 1. The zero-order valence-electron chi connectivity index (χ0n) is 11.8. The molecule has 0 bridgehead atoms. The molecule has 0 aliphatic carbocycles. The van der Waals surface area contributed by atoms with Gasteiger partial charge in [0, 0.05) is 31.0 Å². The lowest BCUT2D eigenvalue weighted by Gasteiger charge is -2.13. The van der Waals surface area contributed by atoms with Gasteiger partial charge in [-0.3, -0.25) is 4.79 Å². The van der Waals surface area contributed by atoms with Gasteiger partial charge in [0.15, 0.2) is 0 Å². The number of benzene rings is 2. The summed E-state index contributed by atoms with van der Waals surface area (Å²) in [5.41, 5.74) is 2.48. The van der Waals surface area contributed by atoms with E-state index in [4.69, 9.17) is 0 Å². The molecule has 0 spiro atoms. The highest BCUT2D eigenvalue weighted by Crippen LogP contribution is 2.17. The molecular formula is C16H17FN2O. The second-order valence-electron chi connectivity index (χ2n) is 4.86. The first kappa shape index (κ1) is 14.1. The SMILES string of the molecule is Cc1ccc(NC(=O)c2cccc(N(C)C)c2)cc1F. The van der Waals surface area contributed by atoms with Crippen molar-refractivity contribution >= 4 is 17.3 Å². The van der Waals surface area contributed by atoms with Gasteiger partial charge in [0.05, 0.1) is 0 Å². The summed E-state index contributed by atoms with van der Waals surface area (Å²) in [6.45, 7) is 1.68. The number of nitrogens with one attached hydrogen (secondary N) is 1. The summed E-state index contributed by atoms with van der Waals surface area (Å²) in [5.74, 6) is -0.582. The Kier molecular flexibility index (Phi) is 4.03. The fraction of sp³-hybridized carbons (Fsp3) is 0.188. The second kappa shape index (κ2) is 5.74. The Labute approximate surface area is 118 Å². The van der Waals surface area contributed by atoms with Gasteiger partial charge in [-0.25, -0.2) is 4.39 Å². The Morgan fingerprint density at radius 2 is 1.90 bits per heavy atom. The number of nitrogens with zero attached hydrogens (tertiary/aromatic N) is 1. The lowest BCUT2D eigenvalue weighted by molar-refractivity contribution is 0.102. The number of anilines is 2. The van der Waals surface area contributed by atoms with E-state index in [-0.39, 0.29) is 11.7 Å². The molecule has 0 aliphatic rings. The number of carbonyl (C=O) groups excluding carboxylic acids is 1. The predicted molar refractivity (Wildman–Crippen MR) is 79.9 cm³/mol. The fourth-order valence-electron chi connectivity index (χ4n) is 1.80. The smallest absolute Gasteiger partial charge is 0.255 e. The van der Waals surface area contributed by atoms with Gasteiger partial charge in [-0.15, -0.1) is 0 Å². The molecule has 2 rings (SSSR count). The largest absolute Gasteiger partial charge is 0.378 e. The molecule has 2 aromatic carbocycles. The standard InChI is InChI=1S/C16H17FN2O/c1-11-7-8-13(10-15(11)17)18-16(20)12-5-4-6-14(9-12)19(2)3/h4-10H,1-3H3,(H,18,20). The second-order valence-corrected chi connectivity index (χ2v) is 4.86. The molecule has 0 atom stereocenters. The van der Waals surface area contributed by atoms with Crippen LogP contribution in [0.25, 0.3) is 0 Å². The molecule has 104 valence electrons. The first-order valence-electron chi connectivity index (χ1n) is 6.32. The van der Waals surface area contributed by atoms with Crippen LogP contribution in [0, 0.1) is 12.7 Å². The van der Waals surface area contributed by atoms with E-state index in [1.807, 2.05) is 31.1 Å². The van der Waals surface area contributed by atoms with Gasteiger partial charge in [0.25, 0.3) is 5.91 Å². The molecule has 1 amide bonds. The monoisotopic (exact) mass is 272 g/mol. The van der Waals surface area contributed by atoms with E-state index < -0.39 is 0 Å². The third-order valence-corrected chi connectivity index (χ3v) is 3.05. The van der Waals surface area contributed by atoms with Crippen molar-refractivity contribution in [1.82, 2.24) is 0 Å². The van der Waals surface area contributed by atoms with Crippen molar-refractivity contribution in [1.29, 1.82) is 0 Å². The van der Waals surface area contributed by atoms with Gasteiger partial charge in [-0.2, -0.15) is 0 Å². The summed E-state index contributed by atoms with van der Waals surface area (Å²) in [6.07, 6.45) is 0. The lowest BCUT2D eigenvalue weighted by Crippen LogP contribution is -2.14. The van der Waals surface area contributed by atoms with Crippen LogP contribution in [0.3, 0.4) is 0 Å². The number of amides is 1. The molecule has 0 heterocycles. The average molecular weight is 272 g/mol. The van der Waals surface area contributed by atoms with Crippen molar-refractivity contribution in [3.63, 3.8) is 0 Å². The third kappa shape index (κ3) is 3.15. The molecule has 0 radical (unpaired) electrons. The molecule has 0 aliphatic heterocycles. The van der Waals surface area contributed by atoms with E-state index in [2.05, 4.69) is 5.32 Å². The Balaban J connectivity index is 2.19. The zero-order chi connectivity index (χ0) is 14.7. The number of halogens is 1. The number of rotatable bonds is 3. The van der Waals surface area contributed by atoms with Crippen LogP contribution in [0.15, 0.2) is 42.5 Å². The van der Waals surface area contributed by atoms with Crippen LogP contribution in [0.2, 0.25) is 0 Å². The topological polar surface area (TPSA) is 32.3 Å². The van der Waals surface area contributed by atoms with Gasteiger partial charge in [0.2, 0.25) is 0 Å². The number of hydrogen-bond acceptors (Lipinski definition) is 2. The van der Waals surface area contributed by atoms with Crippen molar-refractivity contribution in [2.24, 2.45) is 0 Å². The van der Waals surface area contributed by atoms with Gasteiger partial charge >= 0.3 is 0 Å². The van der Waals surface area contributed by atoms with E-state index in [0.29, 0.717) is 16.8 Å². The molecule has 0 saturated carbocycles. The minimum absolute atomic E-state index is 0.253. The first-order chi connectivity index (χ1) is 9.47. The molecule has 4 heteroatoms. The maximum Gasteiger partial charge on any atom is 0.255 e. The summed E-state index contributed by atoms with van der Waals surface area (Å²) in [7, 11) is 3.82. The Morgan fingerprint density at radius 1 is 1.15 bits per heavy atom. The Hall–Kier alpha value is -2.36. The first-order valence-corrected chi connectivity index (χ1v) is 6.32. The molecule has 2 aromatic rings. The van der Waals surface area contributed by atoms with Crippen LogP contribution in [0.5, 0.6) is 0 Å². The van der Waals surface area contributed by atoms with Crippen molar-refractivity contribution in [2.75, 3.05) is 24.3 Å². The van der Waals surface area contributed by atoms with Crippen LogP contribution in [0.4, 0.5) is 15.8 Å². The summed E-state index contributed by atoms with van der Waals surface area (Å²) >= 11 is 0. The quantitative estimate of drug-likeness (QED) is 0.928. The minimum Gasteiger partial charge on any atom is -0.378 e. The highest BCUT2D eigenvalue weighted by Gasteiger charge is 2.08. The normalized spacial score (nSPS) is 10.2. The molecular weight excluding hydrogens is 255 g/mol. The van der Waals surface area contributed by atoms with Crippen molar-refractivity contribution in [2.45, 2.75) is 6.92 Å². The van der Waals surface area contributed by atoms with E-state index in [1.165, 1.54) is 6.07 Å². The average Bonchev–Trinajstić information content (AvgIpc) is 2.43. The van der Waals surface area contributed by atoms with Gasteiger partial charge in [-0.1, -0.05) is 12.1 Å². The van der Waals surface area contributed by atoms with E-state index in [9.17, 15) is 9.18 Å². The van der Waals surface area contributed by atoms with Crippen molar-refractivity contribution < 1.29 is 9.18 Å². The third-order valence-electron chi connectivity index (χ3n) is 3.05. The molecule has 0 fully saturated rings. The predicted octanol–water partition coefficient (Wildman–Crippen LogP) is 3.45. The number of carbonyl (C=O) groups is 1. The van der Waals surface area contributed by atoms with Crippen LogP contribution < -0.4 is 10.2 Å². The summed E-state index contributed by atoms with van der Waals surface area (Å²) in [5, 5.41) is 2.69. The van der Waals surface area contributed by atoms with Gasteiger partial charge in [0.1, 0.15) is 5.82 Å². The van der Waals surface area contributed by atoms with Gasteiger partial charge in [-0.05, 0) is 42.8 Å². The van der Waals surface area contributed by atoms with E-state index in [0.717, 1.165) is 5.69 Å². The summed E-state index contributed by atoms with van der Waals surface area (Å²) < 4.78 is 13.4. The maximum atomic E-state index is 13.4. The Morgan fingerprint density at radius 3 is 2.55 bits per heavy atom. The van der Waals surface area contributed by atoms with Gasteiger partial charge < -0.3 is 10.2 Å². The number of aryl methyl sites for hydroxylation is 1. The molecule has 0 aromatic heterocycles. The molecule has 20 heavy (non-hydrogen) atoms. The molecule has 1 N–H and O–H groups in total. The van der Waals surface area contributed by atoms with Crippen molar-refractivity contribution in [3.8, 4) is 0 Å². The molecule has 0 saturated heterocycles. The molecule has 0 unspecified atom stereocenters. The fourth-order valence-corrected chi connectivity index (χ4v) is 1.80. The minimum atomic E-state index is -0.329. The molecule has 3 nitrogen and oxygen atoms in total. The van der Waals surface area contributed by atoms with E-state index >= 15 is 0 Å². The summed E-state index contributed by atoms with van der Waals surface area (Å²) in [4.78, 5) is 14.1. The Bertz CT molecular complexity index is 638. The van der Waals surface area contributed by atoms with Crippen LogP contribution in [-0.4, -0.2) is 20.0 Å². The van der Waals surface area contributed by atoms with E-state index in [1.54, 1.807) is 31.2 Å². The van der Waals surface area contributed by atoms with Crippen LogP contribution in [0.1, 0.15) is 15.9 Å². The highest BCUT2D eigenvalue weighted by molar-refractivity contribution is 6.04. The summed E-state index contributed by atoms with van der Waals surface area (Å²) in [6, 6.07) is 11.9. The maximum absolute atomic E-state index is 13.4. The van der Waals surface area contributed by atoms with Crippen molar-refractivity contribution in [3.05, 3.63) is 59.4 Å². The van der Waals surface area contributed by atoms with Crippen LogP contribution in [-0.2, 0) is 0 Å². The van der Waals surface area contributed by atoms with Crippen LogP contribution >= 0.6 is 0 Å². The lowest BCUT2D eigenvalue weighted by atomic mass is 10.1.